The fraction of sp³-hybridized carbons (Fsp3) is 0.562. The van der Waals surface area contributed by atoms with Crippen LogP contribution < -0.4 is 11.1 Å². The van der Waals surface area contributed by atoms with Crippen LogP contribution in [0.2, 0.25) is 0 Å². The number of rotatable bonds is 5. The molecule has 1 amide bonds. The molecule has 3 N–H and O–H groups in total. The summed E-state index contributed by atoms with van der Waals surface area (Å²) in [6, 6.07) is 5.57. The van der Waals surface area contributed by atoms with Crippen LogP contribution in [-0.4, -0.2) is 12.5 Å². The van der Waals surface area contributed by atoms with E-state index < -0.39 is 0 Å². The lowest BCUT2D eigenvalue weighted by Crippen LogP contribution is -2.25. The predicted octanol–water partition coefficient (Wildman–Crippen LogP) is 3.28. The van der Waals surface area contributed by atoms with Crippen LogP contribution in [0.3, 0.4) is 0 Å². The molecule has 1 saturated carbocycles. The number of amides is 1. The van der Waals surface area contributed by atoms with Crippen LogP contribution in [0.1, 0.15) is 54.4 Å². The Morgan fingerprint density at radius 3 is 2.84 bits per heavy atom. The molecule has 0 saturated heterocycles. The number of carbonyl (C=O) groups excluding carboxylic acids is 1. The quantitative estimate of drug-likeness (QED) is 0.630. The maximum atomic E-state index is 12.0. The topological polar surface area (TPSA) is 55.1 Å². The number of benzene rings is 1. The maximum Gasteiger partial charge on any atom is 0.253 e. The van der Waals surface area contributed by atoms with Gasteiger partial charge in [0.15, 0.2) is 0 Å². The number of carbonyl (C=O) groups is 1. The van der Waals surface area contributed by atoms with Gasteiger partial charge >= 0.3 is 0 Å². The Balaban J connectivity index is 1.75. The summed E-state index contributed by atoms with van der Waals surface area (Å²) in [5.41, 5.74) is 8.05. The highest BCUT2D eigenvalue weighted by atomic mass is 16.1. The van der Waals surface area contributed by atoms with E-state index in [2.05, 4.69) is 5.32 Å². The summed E-state index contributed by atoms with van der Waals surface area (Å²) in [6.07, 6.45) is 7.83. The average molecular weight is 260 g/mol. The molecule has 0 radical (unpaired) electrons. The van der Waals surface area contributed by atoms with Crippen molar-refractivity contribution in [3.8, 4) is 0 Å². The first-order valence-electron chi connectivity index (χ1n) is 7.31. The van der Waals surface area contributed by atoms with E-state index in [1.165, 1.54) is 32.1 Å². The van der Waals surface area contributed by atoms with Gasteiger partial charge in [0.2, 0.25) is 0 Å². The number of nitrogens with two attached hydrogens (primary N) is 1. The van der Waals surface area contributed by atoms with Gasteiger partial charge in [-0.25, -0.2) is 0 Å². The van der Waals surface area contributed by atoms with Gasteiger partial charge in [-0.2, -0.15) is 0 Å². The second kappa shape index (κ2) is 6.60. The first-order valence-corrected chi connectivity index (χ1v) is 7.31. The van der Waals surface area contributed by atoms with E-state index in [-0.39, 0.29) is 5.91 Å². The summed E-state index contributed by atoms with van der Waals surface area (Å²) in [4.78, 5) is 12.0. The minimum atomic E-state index is -0.0485. The highest BCUT2D eigenvalue weighted by Crippen LogP contribution is 2.28. The molecule has 0 atom stereocenters. The number of aryl methyl sites for hydroxylation is 1. The van der Waals surface area contributed by atoms with Crippen molar-refractivity contribution in [1.82, 2.24) is 5.32 Å². The lowest BCUT2D eigenvalue weighted by Gasteiger charge is -2.10. The number of nitrogen functional groups attached to an aromatic ring is 1. The largest absolute Gasteiger partial charge is 0.398 e. The second-order valence-corrected chi connectivity index (χ2v) is 5.64. The van der Waals surface area contributed by atoms with Gasteiger partial charge in [-0.05, 0) is 37.8 Å². The molecule has 1 aromatic rings. The molecule has 3 heteroatoms. The number of hydrogen-bond acceptors (Lipinski definition) is 2. The summed E-state index contributed by atoms with van der Waals surface area (Å²) in [5, 5.41) is 2.97. The van der Waals surface area contributed by atoms with E-state index in [4.69, 9.17) is 5.73 Å². The molecule has 0 bridgehead atoms. The SMILES string of the molecule is Cc1ccc(N)c(C(=O)NCCCC2CCCC2)c1. The van der Waals surface area contributed by atoms with Crippen LogP contribution in [0.5, 0.6) is 0 Å². The molecular weight excluding hydrogens is 236 g/mol. The molecule has 19 heavy (non-hydrogen) atoms. The first kappa shape index (κ1) is 13.9. The van der Waals surface area contributed by atoms with E-state index in [9.17, 15) is 4.79 Å². The molecule has 0 unspecified atom stereocenters. The zero-order valence-electron chi connectivity index (χ0n) is 11.7. The third kappa shape index (κ3) is 3.98. The Morgan fingerprint density at radius 2 is 2.11 bits per heavy atom. The molecule has 0 heterocycles. The number of hydrogen-bond donors (Lipinski definition) is 2. The lowest BCUT2D eigenvalue weighted by atomic mass is 10.0. The second-order valence-electron chi connectivity index (χ2n) is 5.64. The van der Waals surface area contributed by atoms with Crippen molar-refractivity contribution in [3.63, 3.8) is 0 Å². The molecular formula is C16H24N2O. The molecule has 1 aromatic carbocycles. The molecule has 0 aliphatic heterocycles. The van der Waals surface area contributed by atoms with Crippen LogP contribution in [0.4, 0.5) is 5.69 Å². The van der Waals surface area contributed by atoms with Crippen LogP contribution in [0.15, 0.2) is 18.2 Å². The third-order valence-electron chi connectivity index (χ3n) is 4.00. The van der Waals surface area contributed by atoms with Gasteiger partial charge in [-0.1, -0.05) is 37.3 Å². The predicted molar refractivity (Wildman–Crippen MR) is 79.1 cm³/mol. The van der Waals surface area contributed by atoms with Gasteiger partial charge in [0, 0.05) is 12.2 Å². The van der Waals surface area contributed by atoms with Gasteiger partial charge < -0.3 is 11.1 Å². The zero-order valence-corrected chi connectivity index (χ0v) is 11.7. The summed E-state index contributed by atoms with van der Waals surface area (Å²) in [6.45, 7) is 2.72. The van der Waals surface area contributed by atoms with Gasteiger partial charge in [0.1, 0.15) is 0 Å². The molecule has 1 aliphatic rings. The minimum absolute atomic E-state index is 0.0485. The van der Waals surface area contributed by atoms with Crippen LogP contribution in [0.25, 0.3) is 0 Å². The van der Waals surface area contributed by atoms with Crippen LogP contribution in [0, 0.1) is 12.8 Å². The normalized spacial score (nSPS) is 15.6. The van der Waals surface area contributed by atoms with Crippen LogP contribution >= 0.6 is 0 Å². The molecule has 0 aromatic heterocycles. The fourth-order valence-electron chi connectivity index (χ4n) is 2.85. The van der Waals surface area contributed by atoms with Crippen molar-refractivity contribution in [2.24, 2.45) is 5.92 Å². The van der Waals surface area contributed by atoms with Crippen molar-refractivity contribution >= 4 is 11.6 Å². The Morgan fingerprint density at radius 1 is 1.37 bits per heavy atom. The summed E-state index contributed by atoms with van der Waals surface area (Å²) < 4.78 is 0. The Labute approximate surface area is 115 Å². The van der Waals surface area contributed by atoms with E-state index in [0.717, 1.165) is 24.4 Å². The molecule has 1 aliphatic carbocycles. The summed E-state index contributed by atoms with van der Waals surface area (Å²) >= 11 is 0. The van der Waals surface area contributed by atoms with E-state index in [0.29, 0.717) is 11.3 Å². The Bertz CT molecular complexity index is 436. The van der Waals surface area contributed by atoms with Gasteiger partial charge in [0.25, 0.3) is 5.91 Å². The lowest BCUT2D eigenvalue weighted by molar-refractivity contribution is 0.0953. The van der Waals surface area contributed by atoms with Crippen molar-refractivity contribution in [1.29, 1.82) is 0 Å². The van der Waals surface area contributed by atoms with Gasteiger partial charge in [-0.3, -0.25) is 4.79 Å². The number of anilines is 1. The van der Waals surface area contributed by atoms with E-state index in [1.54, 1.807) is 6.07 Å². The van der Waals surface area contributed by atoms with Gasteiger partial charge in [0.05, 0.1) is 5.56 Å². The average Bonchev–Trinajstić information content (AvgIpc) is 2.90. The highest BCUT2D eigenvalue weighted by Gasteiger charge is 2.14. The Hall–Kier alpha value is -1.51. The maximum absolute atomic E-state index is 12.0. The monoisotopic (exact) mass is 260 g/mol. The fourth-order valence-corrected chi connectivity index (χ4v) is 2.85. The molecule has 0 spiro atoms. The van der Waals surface area contributed by atoms with Crippen molar-refractivity contribution in [3.05, 3.63) is 29.3 Å². The molecule has 104 valence electrons. The van der Waals surface area contributed by atoms with E-state index >= 15 is 0 Å². The molecule has 3 nitrogen and oxygen atoms in total. The van der Waals surface area contributed by atoms with Gasteiger partial charge in [-0.15, -0.1) is 0 Å². The zero-order chi connectivity index (χ0) is 13.7. The molecule has 2 rings (SSSR count). The summed E-state index contributed by atoms with van der Waals surface area (Å²) in [7, 11) is 0. The van der Waals surface area contributed by atoms with Crippen LogP contribution in [-0.2, 0) is 0 Å². The first-order chi connectivity index (χ1) is 9.16. The summed E-state index contributed by atoms with van der Waals surface area (Å²) in [5.74, 6) is 0.841. The number of nitrogens with one attached hydrogen (secondary N) is 1. The molecule has 1 fully saturated rings. The van der Waals surface area contributed by atoms with Crippen molar-refractivity contribution < 1.29 is 4.79 Å². The van der Waals surface area contributed by atoms with Crippen molar-refractivity contribution in [2.75, 3.05) is 12.3 Å². The smallest absolute Gasteiger partial charge is 0.253 e. The third-order valence-corrected chi connectivity index (χ3v) is 4.00. The highest BCUT2D eigenvalue weighted by molar-refractivity contribution is 5.99. The standard InChI is InChI=1S/C16H24N2O/c1-12-8-9-15(17)14(11-12)16(19)18-10-4-7-13-5-2-3-6-13/h8-9,11,13H,2-7,10,17H2,1H3,(H,18,19). The minimum Gasteiger partial charge on any atom is -0.398 e. The van der Waals surface area contributed by atoms with E-state index in [1.807, 2.05) is 19.1 Å². The van der Waals surface area contributed by atoms with Crippen molar-refractivity contribution in [2.45, 2.75) is 45.4 Å². The Kier molecular flexibility index (Phi) is 4.83.